The van der Waals surface area contributed by atoms with Gasteiger partial charge in [-0.1, -0.05) is 31.5 Å². The van der Waals surface area contributed by atoms with Crippen LogP contribution in [0.15, 0.2) is 41.6 Å². The Balaban J connectivity index is 1.43. The smallest absolute Gasteiger partial charge is 0.264 e. The zero-order valence-corrected chi connectivity index (χ0v) is 20.3. The summed E-state index contributed by atoms with van der Waals surface area (Å²) in [4.78, 5) is 25.7. The van der Waals surface area contributed by atoms with Crippen molar-refractivity contribution < 1.29 is 18.0 Å². The Bertz CT molecular complexity index is 1030. The van der Waals surface area contributed by atoms with Gasteiger partial charge in [0.1, 0.15) is 6.04 Å². The molecule has 3 atom stereocenters. The van der Waals surface area contributed by atoms with Gasteiger partial charge in [0, 0.05) is 30.5 Å². The molecule has 4 rings (SSSR count). The second-order valence-electron chi connectivity index (χ2n) is 10.2. The number of carbonyl (C=O) groups excluding carboxylic acids is 2. The first-order valence-electron chi connectivity index (χ1n) is 11.7. The maximum absolute atomic E-state index is 13.2. The van der Waals surface area contributed by atoms with E-state index in [1.165, 1.54) is 37.4 Å². The maximum Gasteiger partial charge on any atom is 0.264 e. The number of rotatable bonds is 7. The highest BCUT2D eigenvalue weighted by molar-refractivity contribution is 7.89. The van der Waals surface area contributed by atoms with E-state index in [9.17, 15) is 18.0 Å². The minimum Gasteiger partial charge on any atom is -0.353 e. The summed E-state index contributed by atoms with van der Waals surface area (Å²) < 4.78 is 27.4. The highest BCUT2D eigenvalue weighted by atomic mass is 32.2. The van der Waals surface area contributed by atoms with Gasteiger partial charge in [-0.3, -0.25) is 13.9 Å². The molecular formula is C24H34N4O4S. The summed E-state index contributed by atoms with van der Waals surface area (Å²) in [6, 6.07) is 6.39. The van der Waals surface area contributed by atoms with E-state index < -0.39 is 22.0 Å². The molecule has 2 saturated carbocycles. The number of amides is 2. The largest absolute Gasteiger partial charge is 0.353 e. The van der Waals surface area contributed by atoms with Crippen LogP contribution in [0.3, 0.4) is 0 Å². The summed E-state index contributed by atoms with van der Waals surface area (Å²) in [6.07, 6.45) is 7.67. The summed E-state index contributed by atoms with van der Waals surface area (Å²) in [5.74, 6) is -0.832. The molecule has 1 unspecified atom stereocenters. The molecule has 0 saturated heterocycles. The van der Waals surface area contributed by atoms with Gasteiger partial charge in [-0.15, -0.1) is 0 Å². The Morgan fingerprint density at radius 1 is 1.12 bits per heavy atom. The van der Waals surface area contributed by atoms with E-state index in [4.69, 9.17) is 0 Å². The van der Waals surface area contributed by atoms with Crippen molar-refractivity contribution in [3.63, 3.8) is 0 Å². The normalized spacial score (nSPS) is 27.2. The van der Waals surface area contributed by atoms with E-state index in [0.717, 1.165) is 29.1 Å². The summed E-state index contributed by atoms with van der Waals surface area (Å²) in [5, 5.41) is 9.32. The predicted molar refractivity (Wildman–Crippen MR) is 125 cm³/mol. The van der Waals surface area contributed by atoms with Gasteiger partial charge >= 0.3 is 0 Å². The molecule has 2 aliphatic carbocycles. The average Bonchev–Trinajstić information content (AvgIpc) is 3.55. The maximum atomic E-state index is 13.2. The predicted octanol–water partition coefficient (Wildman–Crippen LogP) is 2.16. The topological polar surface area (TPSA) is 108 Å². The minimum atomic E-state index is -3.98. The van der Waals surface area contributed by atoms with Crippen molar-refractivity contribution in [2.24, 2.45) is 5.41 Å². The van der Waals surface area contributed by atoms with Gasteiger partial charge in [-0.2, -0.15) is 0 Å². The van der Waals surface area contributed by atoms with Crippen LogP contribution >= 0.6 is 0 Å². The second-order valence-corrected chi connectivity index (χ2v) is 12.1. The lowest BCUT2D eigenvalue weighted by Crippen LogP contribution is -2.55. The molecule has 2 fully saturated rings. The highest BCUT2D eigenvalue weighted by Gasteiger charge is 2.41. The molecule has 0 aromatic heterocycles. The minimum absolute atomic E-state index is 0.0217. The van der Waals surface area contributed by atoms with Gasteiger partial charge in [0.15, 0.2) is 0 Å². The Morgan fingerprint density at radius 3 is 2.42 bits per heavy atom. The molecule has 1 heterocycles. The number of nitrogens with zero attached hydrogens (tertiary/aromatic N) is 1. The van der Waals surface area contributed by atoms with E-state index in [-0.39, 0.29) is 28.7 Å². The first-order chi connectivity index (χ1) is 15.6. The Labute approximate surface area is 196 Å². The molecule has 0 radical (unpaired) electrons. The van der Waals surface area contributed by atoms with E-state index in [0.29, 0.717) is 12.1 Å². The van der Waals surface area contributed by atoms with Crippen LogP contribution in [0.2, 0.25) is 0 Å². The fourth-order valence-corrected chi connectivity index (χ4v) is 6.28. The van der Waals surface area contributed by atoms with Gasteiger partial charge in [0.05, 0.1) is 11.3 Å². The van der Waals surface area contributed by atoms with E-state index in [1.807, 2.05) is 6.92 Å². The third kappa shape index (κ3) is 5.41. The first-order valence-corrected chi connectivity index (χ1v) is 13.1. The molecule has 3 N–H and O–H groups in total. The molecule has 0 spiro atoms. The van der Waals surface area contributed by atoms with Crippen molar-refractivity contribution >= 4 is 21.8 Å². The summed E-state index contributed by atoms with van der Waals surface area (Å²) in [5.41, 5.74) is 0.838. The molecule has 9 heteroatoms. The van der Waals surface area contributed by atoms with Crippen LogP contribution < -0.4 is 16.0 Å². The zero-order valence-electron chi connectivity index (χ0n) is 19.5. The number of aryl methyl sites for hydroxylation is 1. The van der Waals surface area contributed by atoms with Crippen molar-refractivity contribution in [3.05, 3.63) is 42.2 Å². The lowest BCUT2D eigenvalue weighted by Gasteiger charge is -2.43. The zero-order chi connectivity index (χ0) is 23.8. The molecule has 180 valence electrons. The monoisotopic (exact) mass is 474 g/mol. The molecule has 33 heavy (non-hydrogen) atoms. The third-order valence-electron chi connectivity index (χ3n) is 6.94. The van der Waals surface area contributed by atoms with Crippen molar-refractivity contribution in [3.8, 4) is 0 Å². The summed E-state index contributed by atoms with van der Waals surface area (Å²) in [6.45, 7) is 6.18. The van der Waals surface area contributed by atoms with Crippen molar-refractivity contribution in [2.45, 2.75) is 88.4 Å². The molecule has 1 aromatic rings. The number of carbonyl (C=O) groups is 2. The van der Waals surface area contributed by atoms with Gasteiger partial charge in [-0.25, -0.2) is 8.42 Å². The van der Waals surface area contributed by atoms with E-state index >= 15 is 0 Å². The Kier molecular flexibility index (Phi) is 6.55. The lowest BCUT2D eigenvalue weighted by atomic mass is 9.71. The van der Waals surface area contributed by atoms with Crippen LogP contribution in [0, 0.1) is 12.3 Å². The van der Waals surface area contributed by atoms with Crippen LogP contribution in [0.1, 0.15) is 57.9 Å². The van der Waals surface area contributed by atoms with Gasteiger partial charge in [-0.05, 0) is 56.6 Å². The number of nitrogens with one attached hydrogen (secondary N) is 3. The van der Waals surface area contributed by atoms with E-state index in [2.05, 4.69) is 29.8 Å². The Morgan fingerprint density at radius 2 is 1.79 bits per heavy atom. The molecule has 1 aromatic carbocycles. The summed E-state index contributed by atoms with van der Waals surface area (Å²) in [7, 11) is -3.98. The quantitative estimate of drug-likeness (QED) is 0.561. The molecular weight excluding hydrogens is 440 g/mol. The summed E-state index contributed by atoms with van der Waals surface area (Å²) >= 11 is 0. The fourth-order valence-electron chi connectivity index (χ4n) is 4.83. The molecule has 2 amide bonds. The standard InChI is InChI=1S/C24H34N4O4S/c1-16-4-9-19(10-5-16)33(31,32)28-13-12-25-23(30)20(28)14-22(29)27-21-11-8-18(15-24(21,2)3)26-17-6-7-17/h4-5,9-10,12-13,17-18,20-21,26H,6-8,11,14-15H2,1-3H3,(H,25,30)(H,27,29)/t18?,20-,21-/m1/s1. The number of benzene rings is 1. The fraction of sp³-hybridized carbons (Fsp3) is 0.583. The molecule has 8 nitrogen and oxygen atoms in total. The van der Waals surface area contributed by atoms with Crippen molar-refractivity contribution in [1.29, 1.82) is 0 Å². The van der Waals surface area contributed by atoms with Gasteiger partial charge in [0.2, 0.25) is 11.8 Å². The number of hydrogen-bond donors (Lipinski definition) is 3. The first kappa shape index (κ1) is 23.8. The number of sulfonamides is 1. The van der Waals surface area contributed by atoms with Crippen LogP contribution in [0.25, 0.3) is 0 Å². The number of hydrogen-bond acceptors (Lipinski definition) is 5. The van der Waals surface area contributed by atoms with Crippen molar-refractivity contribution in [1.82, 2.24) is 20.3 Å². The van der Waals surface area contributed by atoms with Gasteiger partial charge in [0.25, 0.3) is 10.0 Å². The second kappa shape index (κ2) is 9.10. The molecule has 0 bridgehead atoms. The molecule has 3 aliphatic rings. The van der Waals surface area contributed by atoms with Crippen LogP contribution in [0.5, 0.6) is 0 Å². The Hall–Kier alpha value is -2.39. The third-order valence-corrected chi connectivity index (χ3v) is 8.73. The average molecular weight is 475 g/mol. The van der Waals surface area contributed by atoms with Crippen LogP contribution in [0.4, 0.5) is 0 Å². The van der Waals surface area contributed by atoms with E-state index in [1.54, 1.807) is 12.1 Å². The molecule has 1 aliphatic heterocycles. The van der Waals surface area contributed by atoms with Gasteiger partial charge < -0.3 is 16.0 Å². The SMILES string of the molecule is Cc1ccc(S(=O)(=O)N2C=CNC(=O)[C@H]2CC(=O)N[C@@H]2CCC(NC3CC3)CC2(C)C)cc1. The highest BCUT2D eigenvalue weighted by Crippen LogP contribution is 2.37. The van der Waals surface area contributed by atoms with Crippen LogP contribution in [-0.4, -0.2) is 48.7 Å². The van der Waals surface area contributed by atoms with Crippen LogP contribution in [-0.2, 0) is 19.6 Å². The van der Waals surface area contributed by atoms with Crippen molar-refractivity contribution in [2.75, 3.05) is 0 Å². The lowest BCUT2D eigenvalue weighted by molar-refractivity contribution is -0.130.